The van der Waals surface area contributed by atoms with Crippen LogP contribution < -0.4 is 5.73 Å². The van der Waals surface area contributed by atoms with Crippen LogP contribution in [-0.2, 0) is 9.53 Å². The molecule has 10 heavy (non-hydrogen) atoms. The first kappa shape index (κ1) is 7.50. The van der Waals surface area contributed by atoms with Crippen LogP contribution in [0.4, 0.5) is 0 Å². The summed E-state index contributed by atoms with van der Waals surface area (Å²) in [5, 5.41) is 9.07. The normalized spacial score (nSPS) is 28.3. The van der Waals surface area contributed by atoms with E-state index in [0.29, 0.717) is 13.2 Å². The Morgan fingerprint density at radius 1 is 1.80 bits per heavy atom. The van der Waals surface area contributed by atoms with Gasteiger partial charge < -0.3 is 15.6 Å². The summed E-state index contributed by atoms with van der Waals surface area (Å²) in [5.74, 6) is -0.743. The van der Waals surface area contributed by atoms with Gasteiger partial charge in [0.25, 0.3) is 0 Å². The molecule has 2 unspecified atom stereocenters. The maximum Gasteiger partial charge on any atom is 0.246 e. The van der Waals surface area contributed by atoms with E-state index in [-0.39, 0.29) is 5.92 Å². The second kappa shape index (κ2) is 2.98. The molecular formula is C6H11NO3. The SMILES string of the molecule is NC(=O)C(O)C1CCOC1. The van der Waals surface area contributed by atoms with Gasteiger partial charge in [0.2, 0.25) is 5.91 Å². The molecule has 4 nitrogen and oxygen atoms in total. The molecule has 1 aliphatic rings. The predicted octanol–water partition coefficient (Wildman–Crippen LogP) is -1.13. The highest BCUT2D eigenvalue weighted by Gasteiger charge is 2.27. The van der Waals surface area contributed by atoms with Crippen molar-refractivity contribution in [2.45, 2.75) is 12.5 Å². The Kier molecular flexibility index (Phi) is 2.24. The molecule has 2 atom stereocenters. The summed E-state index contributed by atoms with van der Waals surface area (Å²) in [4.78, 5) is 10.4. The zero-order chi connectivity index (χ0) is 7.56. The molecule has 0 radical (unpaired) electrons. The van der Waals surface area contributed by atoms with Crippen LogP contribution in [-0.4, -0.2) is 30.3 Å². The monoisotopic (exact) mass is 145 g/mol. The van der Waals surface area contributed by atoms with Crippen molar-refractivity contribution in [3.63, 3.8) is 0 Å². The lowest BCUT2D eigenvalue weighted by molar-refractivity contribution is -0.128. The van der Waals surface area contributed by atoms with Crippen LogP contribution in [0.1, 0.15) is 6.42 Å². The van der Waals surface area contributed by atoms with Crippen molar-refractivity contribution in [1.82, 2.24) is 0 Å². The van der Waals surface area contributed by atoms with Gasteiger partial charge in [-0.3, -0.25) is 4.79 Å². The first-order valence-electron chi connectivity index (χ1n) is 3.27. The van der Waals surface area contributed by atoms with Crippen molar-refractivity contribution < 1.29 is 14.6 Å². The molecule has 0 aliphatic carbocycles. The van der Waals surface area contributed by atoms with Crippen LogP contribution in [0.2, 0.25) is 0 Å². The number of rotatable bonds is 2. The van der Waals surface area contributed by atoms with Crippen molar-refractivity contribution in [2.75, 3.05) is 13.2 Å². The molecule has 1 amide bonds. The van der Waals surface area contributed by atoms with Crippen LogP contribution in [0.15, 0.2) is 0 Å². The molecule has 0 saturated carbocycles. The topological polar surface area (TPSA) is 72.6 Å². The van der Waals surface area contributed by atoms with E-state index in [1.807, 2.05) is 0 Å². The smallest absolute Gasteiger partial charge is 0.246 e. The lowest BCUT2D eigenvalue weighted by Crippen LogP contribution is -2.35. The highest BCUT2D eigenvalue weighted by atomic mass is 16.5. The second-order valence-electron chi connectivity index (χ2n) is 2.47. The van der Waals surface area contributed by atoms with Crippen LogP contribution >= 0.6 is 0 Å². The standard InChI is InChI=1S/C6H11NO3/c7-6(9)5(8)4-1-2-10-3-4/h4-5,8H,1-3H2,(H2,7,9). The van der Waals surface area contributed by atoms with Crippen molar-refractivity contribution in [3.05, 3.63) is 0 Å². The molecule has 0 spiro atoms. The summed E-state index contributed by atoms with van der Waals surface area (Å²) >= 11 is 0. The van der Waals surface area contributed by atoms with Crippen molar-refractivity contribution in [1.29, 1.82) is 0 Å². The Labute approximate surface area is 59.0 Å². The molecule has 1 aliphatic heterocycles. The first-order valence-corrected chi connectivity index (χ1v) is 3.27. The van der Waals surface area contributed by atoms with E-state index in [0.717, 1.165) is 6.42 Å². The minimum atomic E-state index is -1.03. The van der Waals surface area contributed by atoms with Gasteiger partial charge in [0.05, 0.1) is 6.61 Å². The average molecular weight is 145 g/mol. The molecule has 0 bridgehead atoms. The minimum absolute atomic E-state index is 0.0856. The third kappa shape index (κ3) is 1.46. The maximum atomic E-state index is 10.4. The zero-order valence-electron chi connectivity index (χ0n) is 5.62. The fraction of sp³-hybridized carbons (Fsp3) is 0.833. The largest absolute Gasteiger partial charge is 0.383 e. The van der Waals surface area contributed by atoms with E-state index >= 15 is 0 Å². The Morgan fingerprint density at radius 2 is 2.50 bits per heavy atom. The van der Waals surface area contributed by atoms with Gasteiger partial charge in [0, 0.05) is 12.5 Å². The summed E-state index contributed by atoms with van der Waals surface area (Å²) in [6.07, 6.45) is -0.299. The van der Waals surface area contributed by atoms with Crippen molar-refractivity contribution >= 4 is 5.91 Å². The fourth-order valence-electron chi connectivity index (χ4n) is 1.03. The summed E-state index contributed by atoms with van der Waals surface area (Å²) in [6, 6.07) is 0. The van der Waals surface area contributed by atoms with Gasteiger partial charge in [-0.1, -0.05) is 0 Å². The van der Waals surface area contributed by atoms with Crippen LogP contribution in [0.25, 0.3) is 0 Å². The van der Waals surface area contributed by atoms with Gasteiger partial charge >= 0.3 is 0 Å². The van der Waals surface area contributed by atoms with Gasteiger partial charge in [-0.15, -0.1) is 0 Å². The molecule has 0 aromatic rings. The lowest BCUT2D eigenvalue weighted by atomic mass is 10.0. The van der Waals surface area contributed by atoms with E-state index in [1.54, 1.807) is 0 Å². The summed E-state index contributed by atoms with van der Waals surface area (Å²) < 4.78 is 4.96. The highest BCUT2D eigenvalue weighted by molar-refractivity contribution is 5.78. The third-order valence-corrected chi connectivity index (χ3v) is 1.70. The predicted molar refractivity (Wildman–Crippen MR) is 34.1 cm³/mol. The van der Waals surface area contributed by atoms with E-state index < -0.39 is 12.0 Å². The molecule has 4 heteroatoms. The van der Waals surface area contributed by atoms with E-state index in [2.05, 4.69) is 0 Å². The third-order valence-electron chi connectivity index (χ3n) is 1.70. The number of nitrogens with two attached hydrogens (primary N) is 1. The molecule has 1 heterocycles. The van der Waals surface area contributed by atoms with Gasteiger partial charge in [-0.25, -0.2) is 0 Å². The Balaban J connectivity index is 2.39. The van der Waals surface area contributed by atoms with Gasteiger partial charge in [-0.2, -0.15) is 0 Å². The van der Waals surface area contributed by atoms with E-state index in [4.69, 9.17) is 15.6 Å². The van der Waals surface area contributed by atoms with Gasteiger partial charge in [0.1, 0.15) is 6.10 Å². The molecular weight excluding hydrogens is 134 g/mol. The Bertz CT molecular complexity index is 131. The molecule has 1 saturated heterocycles. The zero-order valence-corrected chi connectivity index (χ0v) is 5.62. The number of hydrogen-bond acceptors (Lipinski definition) is 3. The number of amides is 1. The number of primary amides is 1. The maximum absolute atomic E-state index is 10.4. The minimum Gasteiger partial charge on any atom is -0.383 e. The molecule has 58 valence electrons. The number of aliphatic hydroxyl groups excluding tert-OH is 1. The molecule has 1 fully saturated rings. The van der Waals surface area contributed by atoms with Crippen molar-refractivity contribution in [3.8, 4) is 0 Å². The summed E-state index contributed by atoms with van der Waals surface area (Å²) in [5.41, 5.74) is 4.87. The van der Waals surface area contributed by atoms with E-state index in [9.17, 15) is 4.79 Å². The number of hydrogen-bond donors (Lipinski definition) is 2. The Hall–Kier alpha value is -0.610. The molecule has 0 aromatic heterocycles. The average Bonchev–Trinajstić information content (AvgIpc) is 2.36. The number of carbonyl (C=O) groups excluding carboxylic acids is 1. The van der Waals surface area contributed by atoms with E-state index in [1.165, 1.54) is 0 Å². The van der Waals surface area contributed by atoms with Crippen LogP contribution in [0.3, 0.4) is 0 Å². The number of aliphatic hydroxyl groups is 1. The number of carbonyl (C=O) groups is 1. The summed E-state index contributed by atoms with van der Waals surface area (Å²) in [7, 11) is 0. The lowest BCUT2D eigenvalue weighted by Gasteiger charge is -2.11. The van der Waals surface area contributed by atoms with Crippen molar-refractivity contribution in [2.24, 2.45) is 11.7 Å². The summed E-state index contributed by atoms with van der Waals surface area (Å²) in [6.45, 7) is 1.07. The van der Waals surface area contributed by atoms with Crippen LogP contribution in [0, 0.1) is 5.92 Å². The quantitative estimate of drug-likeness (QED) is 0.516. The second-order valence-corrected chi connectivity index (χ2v) is 2.47. The first-order chi connectivity index (χ1) is 4.72. The molecule has 3 N–H and O–H groups in total. The van der Waals surface area contributed by atoms with Crippen LogP contribution in [0.5, 0.6) is 0 Å². The number of ether oxygens (including phenoxy) is 1. The Morgan fingerprint density at radius 3 is 2.90 bits per heavy atom. The highest BCUT2D eigenvalue weighted by Crippen LogP contribution is 2.15. The van der Waals surface area contributed by atoms with Gasteiger partial charge in [-0.05, 0) is 6.42 Å². The van der Waals surface area contributed by atoms with Gasteiger partial charge in [0.15, 0.2) is 0 Å². The molecule has 0 aromatic carbocycles. The molecule has 1 rings (SSSR count). The fourth-order valence-corrected chi connectivity index (χ4v) is 1.03.